The molecule has 1 aromatic rings. The molecule has 0 aliphatic carbocycles. The van der Waals surface area contributed by atoms with E-state index >= 15 is 0 Å². The zero-order chi connectivity index (χ0) is 13.6. The molecular formula is C13H19F3N2. The predicted octanol–water partition coefficient (Wildman–Crippen LogP) is 3.14. The highest BCUT2D eigenvalue weighted by atomic mass is 19.4. The Labute approximate surface area is 106 Å². The summed E-state index contributed by atoms with van der Waals surface area (Å²) in [5.41, 5.74) is -0.355. The van der Waals surface area contributed by atoms with Crippen molar-refractivity contribution < 1.29 is 13.2 Å². The van der Waals surface area contributed by atoms with Gasteiger partial charge in [0.05, 0.1) is 5.56 Å². The fraction of sp³-hybridized carbons (Fsp3) is 0.538. The zero-order valence-corrected chi connectivity index (χ0v) is 10.7. The van der Waals surface area contributed by atoms with Crippen LogP contribution in [-0.2, 0) is 6.18 Å². The number of hydrogen-bond acceptors (Lipinski definition) is 2. The van der Waals surface area contributed by atoms with E-state index in [-0.39, 0.29) is 5.69 Å². The second kappa shape index (κ2) is 6.64. The quantitative estimate of drug-likeness (QED) is 0.790. The molecule has 0 saturated carbocycles. The van der Waals surface area contributed by atoms with E-state index in [1.807, 2.05) is 0 Å². The van der Waals surface area contributed by atoms with Crippen LogP contribution in [0, 0.1) is 0 Å². The monoisotopic (exact) mass is 260 g/mol. The van der Waals surface area contributed by atoms with Crippen LogP contribution in [0.2, 0.25) is 0 Å². The number of likely N-dealkylation sites (N-methyl/N-ethyl adjacent to an activating group) is 1. The van der Waals surface area contributed by atoms with Crippen LogP contribution >= 0.6 is 0 Å². The van der Waals surface area contributed by atoms with Gasteiger partial charge in [0.1, 0.15) is 0 Å². The topological polar surface area (TPSA) is 15.3 Å². The maximum Gasteiger partial charge on any atom is 0.418 e. The van der Waals surface area contributed by atoms with E-state index < -0.39 is 11.7 Å². The van der Waals surface area contributed by atoms with Gasteiger partial charge in [0, 0.05) is 25.8 Å². The maximum absolute atomic E-state index is 12.8. The molecular weight excluding hydrogens is 241 g/mol. The van der Waals surface area contributed by atoms with Crippen molar-refractivity contribution in [3.63, 3.8) is 0 Å². The third-order valence-electron chi connectivity index (χ3n) is 2.67. The molecule has 102 valence electrons. The average Bonchev–Trinajstić information content (AvgIpc) is 2.33. The van der Waals surface area contributed by atoms with Crippen molar-refractivity contribution in [1.29, 1.82) is 0 Å². The van der Waals surface area contributed by atoms with Crippen molar-refractivity contribution in [2.45, 2.75) is 19.5 Å². The molecule has 1 N–H and O–H groups in total. The van der Waals surface area contributed by atoms with Crippen LogP contribution in [0.5, 0.6) is 0 Å². The molecule has 0 aromatic heterocycles. The standard InChI is InChI=1S/C13H19F3N2/c1-3-8-17-9-10-18(2)12-7-5-4-6-11(12)13(14,15)16/h4-7,17H,3,8-10H2,1-2H3. The summed E-state index contributed by atoms with van der Waals surface area (Å²) in [5.74, 6) is 0. The molecule has 0 atom stereocenters. The van der Waals surface area contributed by atoms with Crippen LogP contribution < -0.4 is 10.2 Å². The van der Waals surface area contributed by atoms with Gasteiger partial charge in [-0.05, 0) is 25.1 Å². The lowest BCUT2D eigenvalue weighted by atomic mass is 10.1. The third kappa shape index (κ3) is 4.22. The minimum Gasteiger partial charge on any atom is -0.373 e. The van der Waals surface area contributed by atoms with Crippen molar-refractivity contribution in [2.24, 2.45) is 0 Å². The Bertz CT molecular complexity index is 363. The van der Waals surface area contributed by atoms with Gasteiger partial charge in [-0.15, -0.1) is 0 Å². The zero-order valence-electron chi connectivity index (χ0n) is 10.7. The molecule has 0 saturated heterocycles. The molecule has 0 radical (unpaired) electrons. The molecule has 18 heavy (non-hydrogen) atoms. The summed E-state index contributed by atoms with van der Waals surface area (Å²) in [5, 5.41) is 3.17. The smallest absolute Gasteiger partial charge is 0.373 e. The second-order valence-electron chi connectivity index (χ2n) is 4.19. The van der Waals surface area contributed by atoms with Gasteiger partial charge >= 0.3 is 6.18 Å². The first kappa shape index (κ1) is 14.8. The van der Waals surface area contributed by atoms with E-state index in [0.29, 0.717) is 13.1 Å². The molecule has 2 nitrogen and oxygen atoms in total. The SMILES string of the molecule is CCCNCCN(C)c1ccccc1C(F)(F)F. The summed E-state index contributed by atoms with van der Waals surface area (Å²) in [7, 11) is 1.68. The van der Waals surface area contributed by atoms with Crippen LogP contribution in [0.4, 0.5) is 18.9 Å². The summed E-state index contributed by atoms with van der Waals surface area (Å²) in [4.78, 5) is 1.63. The van der Waals surface area contributed by atoms with Crippen LogP contribution in [0.3, 0.4) is 0 Å². The lowest BCUT2D eigenvalue weighted by Gasteiger charge is -2.23. The number of nitrogens with one attached hydrogen (secondary N) is 1. The van der Waals surface area contributed by atoms with E-state index in [1.54, 1.807) is 18.0 Å². The molecule has 0 fully saturated rings. The minimum absolute atomic E-state index is 0.225. The molecule has 0 aliphatic rings. The van der Waals surface area contributed by atoms with Crippen molar-refractivity contribution in [3.05, 3.63) is 29.8 Å². The molecule has 0 amide bonds. The van der Waals surface area contributed by atoms with E-state index in [4.69, 9.17) is 0 Å². The Morgan fingerprint density at radius 1 is 1.17 bits per heavy atom. The molecule has 0 heterocycles. The Hall–Kier alpha value is -1.23. The fourth-order valence-corrected chi connectivity index (χ4v) is 1.72. The summed E-state index contributed by atoms with van der Waals surface area (Å²) < 4.78 is 38.4. The van der Waals surface area contributed by atoms with Gasteiger partial charge in [0.15, 0.2) is 0 Å². The second-order valence-corrected chi connectivity index (χ2v) is 4.19. The highest BCUT2D eigenvalue weighted by molar-refractivity contribution is 5.54. The summed E-state index contributed by atoms with van der Waals surface area (Å²) >= 11 is 0. The molecule has 0 unspecified atom stereocenters. The van der Waals surface area contributed by atoms with E-state index in [1.165, 1.54) is 12.1 Å². The van der Waals surface area contributed by atoms with Crippen molar-refractivity contribution in [1.82, 2.24) is 5.32 Å². The minimum atomic E-state index is -4.30. The van der Waals surface area contributed by atoms with E-state index in [0.717, 1.165) is 19.0 Å². The molecule has 1 aromatic carbocycles. The summed E-state index contributed by atoms with van der Waals surface area (Å²) in [6, 6.07) is 5.66. The first-order valence-electron chi connectivity index (χ1n) is 6.05. The number of halogens is 3. The maximum atomic E-state index is 12.8. The average molecular weight is 260 g/mol. The number of nitrogens with zero attached hydrogens (tertiary/aromatic N) is 1. The molecule has 0 bridgehead atoms. The molecule has 0 aliphatic heterocycles. The summed E-state index contributed by atoms with van der Waals surface area (Å²) in [6.07, 6.45) is -3.29. The highest BCUT2D eigenvalue weighted by Crippen LogP contribution is 2.35. The van der Waals surface area contributed by atoms with Gasteiger partial charge in [0.25, 0.3) is 0 Å². The number of benzene rings is 1. The van der Waals surface area contributed by atoms with Gasteiger partial charge in [-0.3, -0.25) is 0 Å². The third-order valence-corrected chi connectivity index (χ3v) is 2.67. The van der Waals surface area contributed by atoms with E-state index in [2.05, 4.69) is 12.2 Å². The van der Waals surface area contributed by atoms with Gasteiger partial charge < -0.3 is 10.2 Å². The van der Waals surface area contributed by atoms with Crippen molar-refractivity contribution in [2.75, 3.05) is 31.6 Å². The number of alkyl halides is 3. The molecule has 5 heteroatoms. The normalized spacial score (nSPS) is 11.6. The number of para-hydroxylation sites is 1. The first-order chi connectivity index (χ1) is 8.46. The Morgan fingerprint density at radius 2 is 1.83 bits per heavy atom. The summed E-state index contributed by atoms with van der Waals surface area (Å²) in [6.45, 7) is 4.16. The largest absolute Gasteiger partial charge is 0.418 e. The lowest BCUT2D eigenvalue weighted by molar-refractivity contribution is -0.137. The van der Waals surface area contributed by atoms with Crippen LogP contribution in [0.15, 0.2) is 24.3 Å². The van der Waals surface area contributed by atoms with E-state index in [9.17, 15) is 13.2 Å². The van der Waals surface area contributed by atoms with Gasteiger partial charge in [-0.2, -0.15) is 13.2 Å². The van der Waals surface area contributed by atoms with Crippen molar-refractivity contribution in [3.8, 4) is 0 Å². The number of rotatable bonds is 6. The highest BCUT2D eigenvalue weighted by Gasteiger charge is 2.33. The van der Waals surface area contributed by atoms with Gasteiger partial charge in [0.2, 0.25) is 0 Å². The number of hydrogen-bond donors (Lipinski definition) is 1. The Morgan fingerprint density at radius 3 is 2.44 bits per heavy atom. The number of anilines is 1. The van der Waals surface area contributed by atoms with Crippen molar-refractivity contribution >= 4 is 5.69 Å². The van der Waals surface area contributed by atoms with Gasteiger partial charge in [-0.1, -0.05) is 19.1 Å². The lowest BCUT2D eigenvalue weighted by Crippen LogP contribution is -2.30. The first-order valence-corrected chi connectivity index (χ1v) is 6.05. The van der Waals surface area contributed by atoms with Crippen LogP contribution in [0.1, 0.15) is 18.9 Å². The van der Waals surface area contributed by atoms with Crippen LogP contribution in [0.25, 0.3) is 0 Å². The molecule has 0 spiro atoms. The van der Waals surface area contributed by atoms with Crippen LogP contribution in [-0.4, -0.2) is 26.7 Å². The Balaban J connectivity index is 2.70. The fourth-order valence-electron chi connectivity index (χ4n) is 1.72. The Kier molecular flexibility index (Phi) is 5.47. The molecule has 1 rings (SSSR count). The van der Waals surface area contributed by atoms with Gasteiger partial charge in [-0.25, -0.2) is 0 Å². The predicted molar refractivity (Wildman–Crippen MR) is 67.9 cm³/mol.